The van der Waals surface area contributed by atoms with E-state index in [-0.39, 0.29) is 5.78 Å². The number of hydrogen-bond donors (Lipinski definition) is 0. The summed E-state index contributed by atoms with van der Waals surface area (Å²) in [6.07, 6.45) is 0. The van der Waals surface area contributed by atoms with E-state index in [0.29, 0.717) is 22.6 Å². The molecule has 0 aliphatic carbocycles. The number of oxime groups is 1. The molecule has 0 amide bonds. The van der Waals surface area contributed by atoms with Gasteiger partial charge in [-0.3, -0.25) is 4.79 Å². The van der Waals surface area contributed by atoms with Crippen LogP contribution in [0.4, 0.5) is 0 Å². The van der Waals surface area contributed by atoms with Gasteiger partial charge in [0, 0.05) is 27.7 Å². The highest BCUT2D eigenvalue weighted by Gasteiger charge is 2.15. The van der Waals surface area contributed by atoms with Gasteiger partial charge >= 0.3 is 5.97 Å². The number of hydrogen-bond acceptors (Lipinski definition) is 6. The molecule has 0 bridgehead atoms. The number of furan rings is 1. The molecule has 0 aliphatic rings. The van der Waals surface area contributed by atoms with E-state index in [4.69, 9.17) is 4.42 Å². The summed E-state index contributed by atoms with van der Waals surface area (Å²) in [7, 11) is 0. The standard InChI is InChI=1S/C26H21NO4S/c1-16-4-13-24-21(14-16)15-25(30-24)26(29)20-7-11-23(12-8-20)32-22-9-5-19(6-10-22)17(2)27-31-18(3)28/h4-15H,1-3H3/b27-17-. The molecule has 0 unspecified atom stereocenters. The number of ketones is 1. The third kappa shape index (κ3) is 4.98. The predicted molar refractivity (Wildman–Crippen MR) is 125 cm³/mol. The van der Waals surface area contributed by atoms with Crippen LogP contribution in [0.15, 0.2) is 92.2 Å². The van der Waals surface area contributed by atoms with Crippen LogP contribution in [0.2, 0.25) is 0 Å². The second kappa shape index (κ2) is 9.24. The fourth-order valence-corrected chi connectivity index (χ4v) is 3.99. The molecule has 0 fully saturated rings. The van der Waals surface area contributed by atoms with Gasteiger partial charge in [-0.1, -0.05) is 40.7 Å². The summed E-state index contributed by atoms with van der Waals surface area (Å²) in [5.74, 6) is -0.247. The molecule has 0 aliphatic heterocycles. The molecule has 5 nitrogen and oxygen atoms in total. The van der Waals surface area contributed by atoms with Crippen molar-refractivity contribution in [3.05, 3.63) is 95.2 Å². The number of fused-ring (bicyclic) bond motifs is 1. The fraction of sp³-hybridized carbons (Fsp3) is 0.115. The van der Waals surface area contributed by atoms with Crippen LogP contribution in [0.25, 0.3) is 11.0 Å². The molecule has 0 radical (unpaired) electrons. The molecule has 0 atom stereocenters. The molecule has 6 heteroatoms. The van der Waals surface area contributed by atoms with Crippen LogP contribution in [0.3, 0.4) is 0 Å². The molecule has 0 spiro atoms. The van der Waals surface area contributed by atoms with Crippen molar-refractivity contribution < 1.29 is 18.8 Å². The van der Waals surface area contributed by atoms with Crippen LogP contribution in [0.1, 0.15) is 41.1 Å². The van der Waals surface area contributed by atoms with Crippen LogP contribution in [-0.2, 0) is 9.63 Å². The van der Waals surface area contributed by atoms with Crippen LogP contribution >= 0.6 is 11.8 Å². The minimum Gasteiger partial charge on any atom is -0.453 e. The number of carbonyl (C=O) groups is 2. The van der Waals surface area contributed by atoms with Crippen molar-refractivity contribution >= 4 is 40.2 Å². The third-order valence-corrected chi connectivity index (χ3v) is 5.85. The van der Waals surface area contributed by atoms with E-state index in [1.807, 2.05) is 73.7 Å². The highest BCUT2D eigenvalue weighted by atomic mass is 32.2. The summed E-state index contributed by atoms with van der Waals surface area (Å²) in [6.45, 7) is 5.10. The van der Waals surface area contributed by atoms with Crippen LogP contribution in [0, 0.1) is 6.92 Å². The van der Waals surface area contributed by atoms with Crippen molar-refractivity contribution in [2.45, 2.75) is 30.6 Å². The highest BCUT2D eigenvalue weighted by Crippen LogP contribution is 2.29. The Bertz CT molecular complexity index is 1320. The molecule has 0 saturated carbocycles. The Morgan fingerprint density at radius 1 is 0.844 bits per heavy atom. The molecule has 4 rings (SSSR count). The molecule has 160 valence electrons. The van der Waals surface area contributed by atoms with Gasteiger partial charge < -0.3 is 9.25 Å². The topological polar surface area (TPSA) is 68.9 Å². The summed E-state index contributed by atoms with van der Waals surface area (Å²) >= 11 is 1.59. The van der Waals surface area contributed by atoms with Crippen molar-refractivity contribution in [2.24, 2.45) is 5.16 Å². The second-order valence-corrected chi connectivity index (χ2v) is 8.54. The smallest absolute Gasteiger partial charge is 0.331 e. The molecule has 1 aromatic heterocycles. The van der Waals surface area contributed by atoms with E-state index in [9.17, 15) is 9.59 Å². The fourth-order valence-electron chi connectivity index (χ4n) is 3.18. The first-order chi connectivity index (χ1) is 15.4. The van der Waals surface area contributed by atoms with Gasteiger partial charge in [-0.2, -0.15) is 0 Å². The molecule has 1 heterocycles. The number of nitrogens with zero attached hydrogens (tertiary/aromatic N) is 1. The number of benzene rings is 3. The lowest BCUT2D eigenvalue weighted by Gasteiger charge is -2.05. The number of aryl methyl sites for hydroxylation is 1. The van der Waals surface area contributed by atoms with Crippen molar-refractivity contribution in [2.75, 3.05) is 0 Å². The first-order valence-electron chi connectivity index (χ1n) is 10.0. The van der Waals surface area contributed by atoms with Crippen LogP contribution in [0.5, 0.6) is 0 Å². The monoisotopic (exact) mass is 443 g/mol. The van der Waals surface area contributed by atoms with Crippen LogP contribution < -0.4 is 0 Å². The van der Waals surface area contributed by atoms with Crippen molar-refractivity contribution in [1.82, 2.24) is 0 Å². The first kappa shape index (κ1) is 21.6. The molecule has 0 saturated heterocycles. The molecular weight excluding hydrogens is 422 g/mol. The minimum atomic E-state index is -0.450. The SMILES string of the molecule is CC(=O)O/N=C(/C)c1ccc(Sc2ccc(C(=O)c3cc4cc(C)ccc4o3)cc2)cc1. The largest absolute Gasteiger partial charge is 0.453 e. The zero-order chi connectivity index (χ0) is 22.7. The average Bonchev–Trinajstić information content (AvgIpc) is 3.21. The summed E-state index contributed by atoms with van der Waals surface area (Å²) in [4.78, 5) is 30.4. The molecule has 32 heavy (non-hydrogen) atoms. The van der Waals surface area contributed by atoms with Crippen molar-refractivity contribution in [1.29, 1.82) is 0 Å². The minimum absolute atomic E-state index is 0.137. The maximum absolute atomic E-state index is 12.8. The summed E-state index contributed by atoms with van der Waals surface area (Å²) < 4.78 is 5.73. The summed E-state index contributed by atoms with van der Waals surface area (Å²) in [5.41, 5.74) is 3.91. The lowest BCUT2D eigenvalue weighted by molar-refractivity contribution is -0.140. The average molecular weight is 444 g/mol. The van der Waals surface area contributed by atoms with Gasteiger partial charge in [0.05, 0.1) is 5.71 Å². The second-order valence-electron chi connectivity index (χ2n) is 7.39. The van der Waals surface area contributed by atoms with E-state index in [1.165, 1.54) is 6.92 Å². The number of carbonyl (C=O) groups excluding carboxylic acids is 2. The molecular formula is C26H21NO4S. The normalized spacial score (nSPS) is 11.5. The van der Waals surface area contributed by atoms with E-state index in [1.54, 1.807) is 24.8 Å². The van der Waals surface area contributed by atoms with Gasteiger partial charge in [0.15, 0.2) is 5.76 Å². The molecule has 0 N–H and O–H groups in total. The lowest BCUT2D eigenvalue weighted by atomic mass is 10.1. The Balaban J connectivity index is 1.44. The first-order valence-corrected chi connectivity index (χ1v) is 10.9. The lowest BCUT2D eigenvalue weighted by Crippen LogP contribution is -1.99. The molecule has 4 aromatic rings. The van der Waals surface area contributed by atoms with Crippen molar-refractivity contribution in [3.63, 3.8) is 0 Å². The Kier molecular flexibility index (Phi) is 6.23. The van der Waals surface area contributed by atoms with Crippen LogP contribution in [-0.4, -0.2) is 17.5 Å². The van der Waals surface area contributed by atoms with Gasteiger partial charge in [-0.05, 0) is 74.0 Å². The summed E-state index contributed by atoms with van der Waals surface area (Å²) in [5, 5.41) is 4.73. The van der Waals surface area contributed by atoms with E-state index in [0.717, 1.165) is 26.3 Å². The maximum Gasteiger partial charge on any atom is 0.331 e. The predicted octanol–water partition coefficient (Wildman–Crippen LogP) is 6.41. The Labute approximate surface area is 190 Å². The van der Waals surface area contributed by atoms with Gasteiger partial charge in [0.25, 0.3) is 0 Å². The Morgan fingerprint density at radius 2 is 1.47 bits per heavy atom. The Hall–Kier alpha value is -3.64. The molecule has 3 aromatic carbocycles. The number of rotatable bonds is 6. The van der Waals surface area contributed by atoms with Gasteiger partial charge in [0.1, 0.15) is 5.58 Å². The van der Waals surface area contributed by atoms with E-state index in [2.05, 4.69) is 9.99 Å². The van der Waals surface area contributed by atoms with Crippen molar-refractivity contribution in [3.8, 4) is 0 Å². The maximum atomic E-state index is 12.8. The highest BCUT2D eigenvalue weighted by molar-refractivity contribution is 7.99. The quantitative estimate of drug-likeness (QED) is 0.149. The zero-order valence-corrected chi connectivity index (χ0v) is 18.7. The third-order valence-electron chi connectivity index (χ3n) is 4.83. The van der Waals surface area contributed by atoms with E-state index < -0.39 is 5.97 Å². The van der Waals surface area contributed by atoms with Gasteiger partial charge in [-0.15, -0.1) is 0 Å². The van der Waals surface area contributed by atoms with E-state index >= 15 is 0 Å². The van der Waals surface area contributed by atoms with Gasteiger partial charge in [-0.25, -0.2) is 4.79 Å². The van der Waals surface area contributed by atoms with Gasteiger partial charge in [0.2, 0.25) is 5.78 Å². The Morgan fingerprint density at radius 3 is 2.09 bits per heavy atom. The zero-order valence-electron chi connectivity index (χ0n) is 17.9. The summed E-state index contributed by atoms with van der Waals surface area (Å²) in [6, 6.07) is 22.9.